The van der Waals surface area contributed by atoms with Crippen molar-refractivity contribution < 1.29 is 19.1 Å². The van der Waals surface area contributed by atoms with Gasteiger partial charge in [0, 0.05) is 13.1 Å². The first-order valence-electron chi connectivity index (χ1n) is 9.13. The molecule has 0 bridgehead atoms. The van der Waals surface area contributed by atoms with Crippen molar-refractivity contribution in [1.82, 2.24) is 9.88 Å². The lowest BCUT2D eigenvalue weighted by atomic mass is 9.73. The zero-order chi connectivity index (χ0) is 19.6. The summed E-state index contributed by atoms with van der Waals surface area (Å²) in [7, 11) is 0. The van der Waals surface area contributed by atoms with Crippen LogP contribution in [0.1, 0.15) is 24.1 Å². The first kappa shape index (κ1) is 18.4. The number of hydrogen-bond donors (Lipinski definition) is 1. The van der Waals surface area contributed by atoms with Crippen molar-refractivity contribution in [3.63, 3.8) is 0 Å². The number of aliphatic carboxylic acids is 1. The van der Waals surface area contributed by atoms with Crippen molar-refractivity contribution in [2.24, 2.45) is 0 Å². The molecule has 0 atom stereocenters. The highest BCUT2D eigenvalue weighted by atomic mass is 32.1. The highest BCUT2D eigenvalue weighted by Crippen LogP contribution is 2.36. The maximum atomic E-state index is 12.7. The quantitative estimate of drug-likeness (QED) is 0.713. The molecule has 28 heavy (non-hydrogen) atoms. The normalized spacial score (nSPS) is 16.1. The number of likely N-dealkylation sites (tertiary alicyclic amines) is 1. The molecule has 1 amide bonds. The smallest absolute Gasteiger partial charge is 0.314 e. The van der Waals surface area contributed by atoms with Crippen molar-refractivity contribution >= 4 is 23.2 Å². The molecule has 0 saturated carbocycles. The van der Waals surface area contributed by atoms with E-state index in [1.807, 2.05) is 47.8 Å². The first-order valence-corrected chi connectivity index (χ1v) is 10.0. The van der Waals surface area contributed by atoms with Crippen molar-refractivity contribution in [2.45, 2.75) is 24.7 Å². The number of oxazole rings is 1. The molecule has 6 nitrogen and oxygen atoms in total. The van der Waals surface area contributed by atoms with Crippen molar-refractivity contribution in [1.29, 1.82) is 0 Å². The minimum Gasteiger partial charge on any atom is -0.481 e. The Hall–Kier alpha value is -2.93. The Balaban J connectivity index is 1.42. The number of aromatic nitrogens is 1. The number of benzene rings is 1. The molecule has 0 spiro atoms. The van der Waals surface area contributed by atoms with E-state index in [2.05, 4.69) is 4.98 Å². The Labute approximate surface area is 166 Å². The highest BCUT2D eigenvalue weighted by Gasteiger charge is 2.43. The number of rotatable bonds is 5. The third-order valence-corrected chi connectivity index (χ3v) is 6.18. The molecule has 0 unspecified atom stereocenters. The SMILES string of the molecule is O=C(Cc1coc(-c2cccs2)n1)N1CCC(C(=O)O)(c2ccccc2)CC1. The predicted molar refractivity (Wildman–Crippen MR) is 105 cm³/mol. The van der Waals surface area contributed by atoms with E-state index in [0.717, 1.165) is 10.4 Å². The Morgan fingerprint density at radius 2 is 1.89 bits per heavy atom. The van der Waals surface area contributed by atoms with Crippen LogP contribution in [0, 0.1) is 0 Å². The average Bonchev–Trinajstić information content (AvgIpc) is 3.40. The fraction of sp³-hybridized carbons (Fsp3) is 0.286. The van der Waals surface area contributed by atoms with Gasteiger partial charge in [-0.15, -0.1) is 11.3 Å². The number of carboxylic acids is 1. The summed E-state index contributed by atoms with van der Waals surface area (Å²) < 4.78 is 5.47. The van der Waals surface area contributed by atoms with Crippen LogP contribution in [-0.4, -0.2) is 40.0 Å². The minimum absolute atomic E-state index is 0.0573. The second-order valence-electron chi connectivity index (χ2n) is 6.93. The van der Waals surface area contributed by atoms with Crippen LogP contribution < -0.4 is 0 Å². The van der Waals surface area contributed by atoms with Gasteiger partial charge < -0.3 is 14.4 Å². The summed E-state index contributed by atoms with van der Waals surface area (Å²) in [4.78, 5) is 31.8. The molecular weight excluding hydrogens is 376 g/mol. The predicted octanol–water partition coefficient (Wildman–Crippen LogP) is 3.59. The van der Waals surface area contributed by atoms with E-state index in [4.69, 9.17) is 4.42 Å². The van der Waals surface area contributed by atoms with Crippen LogP contribution in [0.5, 0.6) is 0 Å². The van der Waals surface area contributed by atoms with Crippen LogP contribution in [0.2, 0.25) is 0 Å². The molecule has 4 rings (SSSR count). The lowest BCUT2D eigenvalue weighted by molar-refractivity contribution is -0.148. The Kier molecular flexibility index (Phi) is 5.00. The second kappa shape index (κ2) is 7.59. The van der Waals surface area contributed by atoms with E-state index in [9.17, 15) is 14.7 Å². The standard InChI is InChI=1S/C21H20N2O4S/c24-18(13-16-14-27-19(22-16)17-7-4-12-28-17)23-10-8-21(9-11-23,20(25)26)15-5-2-1-3-6-15/h1-7,12,14H,8-11,13H2,(H,25,26). The Morgan fingerprint density at radius 1 is 1.14 bits per heavy atom. The summed E-state index contributed by atoms with van der Waals surface area (Å²) in [5.74, 6) is -0.369. The molecule has 7 heteroatoms. The van der Waals surface area contributed by atoms with Gasteiger partial charge in [0.05, 0.1) is 22.4 Å². The lowest BCUT2D eigenvalue weighted by Crippen LogP contribution is -2.49. The number of amides is 1. The van der Waals surface area contributed by atoms with Crippen LogP contribution in [0.15, 0.2) is 58.5 Å². The van der Waals surface area contributed by atoms with E-state index in [-0.39, 0.29) is 12.3 Å². The van der Waals surface area contributed by atoms with Crippen LogP contribution in [0.3, 0.4) is 0 Å². The summed E-state index contributed by atoms with van der Waals surface area (Å²) in [6, 6.07) is 13.1. The maximum Gasteiger partial charge on any atom is 0.314 e. The molecule has 1 aromatic carbocycles. The number of nitrogens with zero attached hydrogens (tertiary/aromatic N) is 2. The van der Waals surface area contributed by atoms with E-state index in [1.54, 1.807) is 4.90 Å². The van der Waals surface area contributed by atoms with Gasteiger partial charge in [-0.3, -0.25) is 9.59 Å². The maximum absolute atomic E-state index is 12.7. The number of carbonyl (C=O) groups excluding carboxylic acids is 1. The van der Waals surface area contributed by atoms with Crippen molar-refractivity contribution in [2.75, 3.05) is 13.1 Å². The second-order valence-corrected chi connectivity index (χ2v) is 7.88. The lowest BCUT2D eigenvalue weighted by Gasteiger charge is -2.39. The fourth-order valence-corrected chi connectivity index (χ4v) is 4.34. The highest BCUT2D eigenvalue weighted by molar-refractivity contribution is 7.13. The molecule has 3 aromatic rings. The van der Waals surface area contributed by atoms with Crippen molar-refractivity contribution in [3.8, 4) is 10.8 Å². The van der Waals surface area contributed by atoms with Gasteiger partial charge in [0.2, 0.25) is 11.8 Å². The fourth-order valence-electron chi connectivity index (χ4n) is 3.69. The van der Waals surface area contributed by atoms with E-state index in [1.165, 1.54) is 17.6 Å². The zero-order valence-electron chi connectivity index (χ0n) is 15.2. The summed E-state index contributed by atoms with van der Waals surface area (Å²) in [5, 5.41) is 11.8. The summed E-state index contributed by atoms with van der Waals surface area (Å²) in [6.45, 7) is 0.825. The molecule has 1 saturated heterocycles. The van der Waals surface area contributed by atoms with Gasteiger partial charge in [-0.2, -0.15) is 0 Å². The van der Waals surface area contributed by atoms with Crippen LogP contribution in [0.25, 0.3) is 10.8 Å². The van der Waals surface area contributed by atoms with Crippen molar-refractivity contribution in [3.05, 3.63) is 65.4 Å². The molecule has 144 valence electrons. The molecule has 1 fully saturated rings. The van der Waals surface area contributed by atoms with E-state index >= 15 is 0 Å². The Bertz CT molecular complexity index is 957. The first-order chi connectivity index (χ1) is 13.6. The Morgan fingerprint density at radius 3 is 2.54 bits per heavy atom. The van der Waals surface area contributed by atoms with Gasteiger partial charge in [-0.25, -0.2) is 4.98 Å². The third-order valence-electron chi connectivity index (χ3n) is 5.32. The van der Waals surface area contributed by atoms with Gasteiger partial charge in [0.1, 0.15) is 6.26 Å². The molecule has 0 aliphatic carbocycles. The number of hydrogen-bond acceptors (Lipinski definition) is 5. The molecule has 0 radical (unpaired) electrons. The number of piperidine rings is 1. The number of thiophene rings is 1. The molecule has 1 N–H and O–H groups in total. The third kappa shape index (κ3) is 3.45. The average molecular weight is 396 g/mol. The molecular formula is C21H20N2O4S. The van der Waals surface area contributed by atoms with Gasteiger partial charge in [0.15, 0.2) is 0 Å². The minimum atomic E-state index is -0.932. The van der Waals surface area contributed by atoms with Crippen LogP contribution >= 0.6 is 11.3 Å². The van der Waals surface area contributed by atoms with E-state index < -0.39 is 11.4 Å². The summed E-state index contributed by atoms with van der Waals surface area (Å²) >= 11 is 1.53. The van der Waals surface area contributed by atoms with Gasteiger partial charge in [-0.1, -0.05) is 36.4 Å². The van der Waals surface area contributed by atoms with E-state index in [0.29, 0.717) is 37.5 Å². The monoisotopic (exact) mass is 396 g/mol. The van der Waals surface area contributed by atoms with Gasteiger partial charge in [0.25, 0.3) is 0 Å². The summed E-state index contributed by atoms with van der Waals surface area (Å²) in [5.41, 5.74) is 0.455. The topological polar surface area (TPSA) is 83.6 Å². The van der Waals surface area contributed by atoms with Gasteiger partial charge in [-0.05, 0) is 29.9 Å². The molecule has 1 aliphatic heterocycles. The van der Waals surface area contributed by atoms with Gasteiger partial charge >= 0.3 is 5.97 Å². The molecule has 3 heterocycles. The summed E-state index contributed by atoms with van der Waals surface area (Å²) in [6.07, 6.45) is 2.47. The van der Waals surface area contributed by atoms with Crippen LogP contribution in [-0.2, 0) is 21.4 Å². The zero-order valence-corrected chi connectivity index (χ0v) is 16.0. The largest absolute Gasteiger partial charge is 0.481 e. The number of carbonyl (C=O) groups is 2. The molecule has 1 aliphatic rings. The number of carboxylic acid groups (broad SMARTS) is 1. The van der Waals surface area contributed by atoms with Crippen LogP contribution in [0.4, 0.5) is 0 Å². The molecule has 2 aromatic heterocycles.